The minimum Gasteiger partial charge on any atom is -0.339 e. The second kappa shape index (κ2) is 8.14. The van der Waals surface area contributed by atoms with Crippen LogP contribution in [0.25, 0.3) is 0 Å². The number of hydrogen-bond acceptors (Lipinski definition) is 3. The van der Waals surface area contributed by atoms with Gasteiger partial charge in [0.05, 0.1) is 0 Å². The molecule has 2 aliphatic heterocycles. The molecule has 3 rings (SSSR count). The maximum absolute atomic E-state index is 12.5. The molecule has 0 spiro atoms. The van der Waals surface area contributed by atoms with Crippen molar-refractivity contribution >= 4 is 17.8 Å². The SMILES string of the molecule is O=C1CN(CCCCC(=O)N2CCCC2Cc2ccccc2)C(=O)N1. The quantitative estimate of drug-likeness (QED) is 0.608. The fourth-order valence-electron chi connectivity index (χ4n) is 3.65. The van der Waals surface area contributed by atoms with E-state index in [1.165, 1.54) is 10.5 Å². The number of amides is 4. The second-order valence-electron chi connectivity index (χ2n) is 6.80. The van der Waals surface area contributed by atoms with Crippen molar-refractivity contribution in [3.05, 3.63) is 35.9 Å². The van der Waals surface area contributed by atoms with Gasteiger partial charge in [-0.15, -0.1) is 0 Å². The van der Waals surface area contributed by atoms with Crippen LogP contribution >= 0.6 is 0 Å². The Kier molecular flexibility index (Phi) is 5.68. The highest BCUT2D eigenvalue weighted by molar-refractivity contribution is 6.01. The van der Waals surface area contributed by atoms with Crippen LogP contribution in [0.2, 0.25) is 0 Å². The van der Waals surface area contributed by atoms with Crippen LogP contribution in [0.4, 0.5) is 4.79 Å². The topological polar surface area (TPSA) is 69.7 Å². The van der Waals surface area contributed by atoms with Gasteiger partial charge in [0.15, 0.2) is 0 Å². The summed E-state index contributed by atoms with van der Waals surface area (Å²) in [5, 5.41) is 2.26. The molecule has 25 heavy (non-hydrogen) atoms. The van der Waals surface area contributed by atoms with Gasteiger partial charge < -0.3 is 9.80 Å². The van der Waals surface area contributed by atoms with Gasteiger partial charge >= 0.3 is 6.03 Å². The van der Waals surface area contributed by atoms with Crippen molar-refractivity contribution in [2.75, 3.05) is 19.6 Å². The molecule has 0 aliphatic carbocycles. The number of rotatable bonds is 7. The number of nitrogens with one attached hydrogen (secondary N) is 1. The van der Waals surface area contributed by atoms with E-state index in [4.69, 9.17) is 0 Å². The van der Waals surface area contributed by atoms with Crippen LogP contribution in [-0.2, 0) is 16.0 Å². The molecule has 0 saturated carbocycles. The lowest BCUT2D eigenvalue weighted by molar-refractivity contribution is -0.132. The predicted octanol–water partition coefficient (Wildman–Crippen LogP) is 1.94. The molecule has 2 fully saturated rings. The molecule has 1 N–H and O–H groups in total. The zero-order valence-electron chi connectivity index (χ0n) is 14.4. The van der Waals surface area contributed by atoms with Crippen molar-refractivity contribution in [1.29, 1.82) is 0 Å². The first-order valence-corrected chi connectivity index (χ1v) is 9.05. The van der Waals surface area contributed by atoms with Crippen LogP contribution in [0.1, 0.15) is 37.7 Å². The molecule has 4 amide bonds. The number of imide groups is 1. The zero-order chi connectivity index (χ0) is 17.6. The van der Waals surface area contributed by atoms with E-state index in [2.05, 4.69) is 17.4 Å². The van der Waals surface area contributed by atoms with E-state index in [-0.39, 0.29) is 24.4 Å². The van der Waals surface area contributed by atoms with Crippen LogP contribution in [-0.4, -0.2) is 53.3 Å². The molecule has 2 aliphatic rings. The van der Waals surface area contributed by atoms with Crippen molar-refractivity contribution in [3.63, 3.8) is 0 Å². The van der Waals surface area contributed by atoms with Gasteiger partial charge in [0.1, 0.15) is 6.54 Å². The number of carbonyl (C=O) groups excluding carboxylic acids is 3. The first-order chi connectivity index (χ1) is 12.1. The molecule has 1 aromatic carbocycles. The zero-order valence-corrected chi connectivity index (χ0v) is 14.4. The molecule has 0 radical (unpaired) electrons. The predicted molar refractivity (Wildman–Crippen MR) is 93.8 cm³/mol. The Morgan fingerprint density at radius 1 is 1.16 bits per heavy atom. The first kappa shape index (κ1) is 17.5. The highest BCUT2D eigenvalue weighted by atomic mass is 16.2. The van der Waals surface area contributed by atoms with Crippen molar-refractivity contribution in [3.8, 4) is 0 Å². The average Bonchev–Trinajstić information content (AvgIpc) is 3.18. The van der Waals surface area contributed by atoms with Gasteiger partial charge in [0.25, 0.3) is 0 Å². The summed E-state index contributed by atoms with van der Waals surface area (Å²) in [6, 6.07) is 10.3. The number of likely N-dealkylation sites (tertiary alicyclic amines) is 1. The number of benzene rings is 1. The van der Waals surface area contributed by atoms with E-state index in [9.17, 15) is 14.4 Å². The third-order valence-electron chi connectivity index (χ3n) is 4.95. The molecule has 2 heterocycles. The Labute approximate surface area is 148 Å². The van der Waals surface area contributed by atoms with E-state index in [1.807, 2.05) is 23.1 Å². The van der Waals surface area contributed by atoms with Gasteiger partial charge in [-0.3, -0.25) is 14.9 Å². The number of carbonyl (C=O) groups is 3. The average molecular weight is 343 g/mol. The molecule has 6 nitrogen and oxygen atoms in total. The summed E-state index contributed by atoms with van der Waals surface area (Å²) in [6.07, 6.45) is 5.04. The molecule has 0 bridgehead atoms. The van der Waals surface area contributed by atoms with Crippen molar-refractivity contribution in [2.24, 2.45) is 0 Å². The maximum Gasteiger partial charge on any atom is 0.324 e. The maximum atomic E-state index is 12.5. The largest absolute Gasteiger partial charge is 0.339 e. The fourth-order valence-corrected chi connectivity index (χ4v) is 3.65. The lowest BCUT2D eigenvalue weighted by Crippen LogP contribution is -2.36. The third kappa shape index (κ3) is 4.59. The van der Waals surface area contributed by atoms with Crippen LogP contribution in [0.3, 0.4) is 0 Å². The van der Waals surface area contributed by atoms with Crippen LogP contribution in [0, 0.1) is 0 Å². The van der Waals surface area contributed by atoms with Gasteiger partial charge in [0, 0.05) is 25.6 Å². The summed E-state index contributed by atoms with van der Waals surface area (Å²) in [7, 11) is 0. The summed E-state index contributed by atoms with van der Waals surface area (Å²) in [5.74, 6) is -0.0396. The lowest BCUT2D eigenvalue weighted by Gasteiger charge is -2.25. The van der Waals surface area contributed by atoms with Gasteiger partial charge in [-0.1, -0.05) is 30.3 Å². The summed E-state index contributed by atoms with van der Waals surface area (Å²) < 4.78 is 0. The van der Waals surface area contributed by atoms with E-state index in [1.54, 1.807) is 0 Å². The molecule has 1 atom stereocenters. The normalized spacial score (nSPS) is 20.2. The smallest absolute Gasteiger partial charge is 0.324 e. The van der Waals surface area contributed by atoms with Crippen LogP contribution < -0.4 is 5.32 Å². The highest BCUT2D eigenvalue weighted by Gasteiger charge is 2.29. The first-order valence-electron chi connectivity index (χ1n) is 9.05. The minimum atomic E-state index is -0.321. The van der Waals surface area contributed by atoms with E-state index < -0.39 is 0 Å². The van der Waals surface area contributed by atoms with E-state index in [0.29, 0.717) is 19.0 Å². The molecule has 0 aromatic heterocycles. The minimum absolute atomic E-state index is 0.137. The number of unbranched alkanes of at least 4 members (excludes halogenated alkanes) is 1. The Morgan fingerprint density at radius 3 is 2.68 bits per heavy atom. The number of hydrogen-bond donors (Lipinski definition) is 1. The summed E-state index contributed by atoms with van der Waals surface area (Å²) >= 11 is 0. The lowest BCUT2D eigenvalue weighted by atomic mass is 10.0. The molecule has 6 heteroatoms. The van der Waals surface area contributed by atoms with Crippen LogP contribution in [0.15, 0.2) is 30.3 Å². The Morgan fingerprint density at radius 2 is 1.96 bits per heavy atom. The number of nitrogens with zero attached hydrogens (tertiary/aromatic N) is 2. The monoisotopic (exact) mass is 343 g/mol. The third-order valence-corrected chi connectivity index (χ3v) is 4.95. The molecule has 2 saturated heterocycles. The summed E-state index contributed by atoms with van der Waals surface area (Å²) in [6.45, 7) is 1.51. The van der Waals surface area contributed by atoms with Gasteiger partial charge in [-0.05, 0) is 37.7 Å². The van der Waals surface area contributed by atoms with E-state index >= 15 is 0 Å². The molecular weight excluding hydrogens is 318 g/mol. The summed E-state index contributed by atoms with van der Waals surface area (Å²) in [4.78, 5) is 38.7. The molecule has 134 valence electrons. The highest BCUT2D eigenvalue weighted by Crippen LogP contribution is 2.22. The number of urea groups is 1. The molecular formula is C19H25N3O3. The molecule has 1 unspecified atom stereocenters. The van der Waals surface area contributed by atoms with Gasteiger partial charge in [-0.2, -0.15) is 0 Å². The van der Waals surface area contributed by atoms with E-state index in [0.717, 1.165) is 38.6 Å². The van der Waals surface area contributed by atoms with Crippen molar-refractivity contribution in [2.45, 2.75) is 44.6 Å². The van der Waals surface area contributed by atoms with Crippen molar-refractivity contribution < 1.29 is 14.4 Å². The van der Waals surface area contributed by atoms with Crippen LogP contribution in [0.5, 0.6) is 0 Å². The molecule has 1 aromatic rings. The Balaban J connectivity index is 1.41. The summed E-state index contributed by atoms with van der Waals surface area (Å²) in [5.41, 5.74) is 1.27. The fraction of sp³-hybridized carbons (Fsp3) is 0.526. The second-order valence-corrected chi connectivity index (χ2v) is 6.80. The van der Waals surface area contributed by atoms with Gasteiger partial charge in [-0.25, -0.2) is 4.79 Å². The van der Waals surface area contributed by atoms with Gasteiger partial charge in [0.2, 0.25) is 11.8 Å². The standard InChI is InChI=1S/C19H25N3O3/c23-17-14-21(19(25)20-17)11-5-4-10-18(24)22-12-6-9-16(22)13-15-7-2-1-3-8-15/h1-3,7-8,16H,4-6,9-14H2,(H,20,23,25). The Bertz CT molecular complexity index is 632. The van der Waals surface area contributed by atoms with Crippen molar-refractivity contribution in [1.82, 2.24) is 15.1 Å². The Hall–Kier alpha value is -2.37.